The van der Waals surface area contributed by atoms with Gasteiger partial charge >= 0.3 is 6.18 Å². The van der Waals surface area contributed by atoms with E-state index in [2.05, 4.69) is 49.6 Å². The lowest BCUT2D eigenvalue weighted by Gasteiger charge is -2.33. The molecule has 3 heterocycles. The number of likely N-dealkylation sites (tertiary alicyclic amines) is 1. The Morgan fingerprint density at radius 1 is 1.10 bits per heavy atom. The molecule has 0 amide bonds. The van der Waals surface area contributed by atoms with Crippen LogP contribution in [0.4, 0.5) is 30.6 Å². The van der Waals surface area contributed by atoms with E-state index in [0.717, 1.165) is 57.3 Å². The molecule has 31 heavy (non-hydrogen) atoms. The van der Waals surface area contributed by atoms with Crippen LogP contribution >= 0.6 is 0 Å². The van der Waals surface area contributed by atoms with Gasteiger partial charge in [0.2, 0.25) is 5.95 Å². The van der Waals surface area contributed by atoms with Crippen molar-refractivity contribution < 1.29 is 13.2 Å². The third-order valence-electron chi connectivity index (χ3n) is 6.40. The van der Waals surface area contributed by atoms with E-state index in [4.69, 9.17) is 0 Å². The standard InChI is InChI=1S/C22H27F3N6/c1-30-8-7-18(13-30)31-9-6-14-10-17(3-2-15(14)12-31)28-21-26-11-19(22(23,24)25)20(29-21)27-16-4-5-16/h2-3,10-11,16,18H,4-9,12-13H2,1H3,(H2,26,27,28,29). The minimum Gasteiger partial charge on any atom is -0.367 e. The van der Waals surface area contributed by atoms with Crippen LogP contribution in [-0.2, 0) is 19.1 Å². The van der Waals surface area contributed by atoms with Crippen LogP contribution in [0.25, 0.3) is 0 Å². The number of benzene rings is 1. The van der Waals surface area contributed by atoms with Crippen LogP contribution < -0.4 is 10.6 Å². The summed E-state index contributed by atoms with van der Waals surface area (Å²) in [5.41, 5.74) is 2.56. The summed E-state index contributed by atoms with van der Waals surface area (Å²) in [6.45, 7) is 4.25. The Kier molecular flexibility index (Phi) is 5.26. The molecule has 1 aromatic carbocycles. The van der Waals surface area contributed by atoms with Gasteiger partial charge in [0.25, 0.3) is 0 Å². The average molecular weight is 432 g/mol. The first kappa shape index (κ1) is 20.5. The largest absolute Gasteiger partial charge is 0.421 e. The Morgan fingerprint density at radius 2 is 1.94 bits per heavy atom. The predicted octanol–water partition coefficient (Wildman–Crippen LogP) is 3.88. The van der Waals surface area contributed by atoms with E-state index in [1.807, 2.05) is 6.07 Å². The highest BCUT2D eigenvalue weighted by molar-refractivity contribution is 5.59. The van der Waals surface area contributed by atoms with E-state index in [-0.39, 0.29) is 17.8 Å². The Hall–Kier alpha value is -2.39. The number of halogens is 3. The van der Waals surface area contributed by atoms with Crippen molar-refractivity contribution in [3.05, 3.63) is 41.1 Å². The van der Waals surface area contributed by atoms with Gasteiger partial charge in [-0.1, -0.05) is 6.07 Å². The van der Waals surface area contributed by atoms with Gasteiger partial charge in [-0.05, 0) is 62.5 Å². The molecular weight excluding hydrogens is 405 g/mol. The number of hydrogen-bond donors (Lipinski definition) is 2. The molecule has 3 aliphatic rings. The van der Waals surface area contributed by atoms with Crippen molar-refractivity contribution in [2.24, 2.45) is 0 Å². The average Bonchev–Trinajstić information content (AvgIpc) is 3.43. The molecule has 2 fully saturated rings. The molecule has 0 spiro atoms. The Morgan fingerprint density at radius 3 is 2.65 bits per heavy atom. The second-order valence-corrected chi connectivity index (χ2v) is 8.91. The number of aromatic nitrogens is 2. The van der Waals surface area contributed by atoms with Gasteiger partial charge < -0.3 is 15.5 Å². The predicted molar refractivity (Wildman–Crippen MR) is 113 cm³/mol. The smallest absolute Gasteiger partial charge is 0.367 e. The molecule has 1 saturated heterocycles. The normalized spacial score (nSPS) is 22.4. The number of alkyl halides is 3. The highest BCUT2D eigenvalue weighted by Gasteiger charge is 2.37. The second-order valence-electron chi connectivity index (χ2n) is 8.91. The molecule has 9 heteroatoms. The Balaban J connectivity index is 1.31. The van der Waals surface area contributed by atoms with Gasteiger partial charge in [0.15, 0.2) is 0 Å². The Labute approximate surface area is 179 Å². The summed E-state index contributed by atoms with van der Waals surface area (Å²) >= 11 is 0. The fraction of sp³-hybridized carbons (Fsp3) is 0.545. The van der Waals surface area contributed by atoms with Gasteiger partial charge in [0, 0.05) is 43.6 Å². The minimum atomic E-state index is -4.48. The Bertz CT molecular complexity index is 959. The maximum absolute atomic E-state index is 13.3. The van der Waals surface area contributed by atoms with Gasteiger partial charge in [0.1, 0.15) is 11.4 Å². The maximum Gasteiger partial charge on any atom is 0.421 e. The molecular formula is C22H27F3N6. The van der Waals surface area contributed by atoms with E-state index in [1.165, 1.54) is 17.5 Å². The van der Waals surface area contributed by atoms with Gasteiger partial charge in [-0.15, -0.1) is 0 Å². The lowest BCUT2D eigenvalue weighted by molar-refractivity contribution is -0.137. The van der Waals surface area contributed by atoms with Crippen LogP contribution in [0.5, 0.6) is 0 Å². The second kappa shape index (κ2) is 7.94. The summed E-state index contributed by atoms with van der Waals surface area (Å²) in [5, 5.41) is 5.97. The lowest BCUT2D eigenvalue weighted by Crippen LogP contribution is -2.40. The highest BCUT2D eigenvalue weighted by Crippen LogP contribution is 2.36. The highest BCUT2D eigenvalue weighted by atomic mass is 19.4. The molecule has 5 rings (SSSR count). The summed E-state index contributed by atoms with van der Waals surface area (Å²) in [4.78, 5) is 13.0. The van der Waals surface area contributed by atoms with Crippen molar-refractivity contribution in [1.29, 1.82) is 0 Å². The van der Waals surface area contributed by atoms with Crippen molar-refractivity contribution in [3.63, 3.8) is 0 Å². The molecule has 1 atom stereocenters. The van der Waals surface area contributed by atoms with Crippen molar-refractivity contribution in [2.75, 3.05) is 37.3 Å². The SMILES string of the molecule is CN1CCC(N2CCc3cc(Nc4ncc(C(F)(F)F)c(NC5CC5)n4)ccc3C2)C1. The van der Waals surface area contributed by atoms with Crippen molar-refractivity contribution in [2.45, 2.75) is 50.5 Å². The first-order valence-corrected chi connectivity index (χ1v) is 10.9. The molecule has 0 bridgehead atoms. The quantitative estimate of drug-likeness (QED) is 0.748. The number of nitrogens with zero attached hydrogens (tertiary/aromatic N) is 4. The minimum absolute atomic E-state index is 0.0650. The van der Waals surface area contributed by atoms with E-state index < -0.39 is 11.7 Å². The van der Waals surface area contributed by atoms with E-state index in [0.29, 0.717) is 6.04 Å². The molecule has 1 saturated carbocycles. The molecule has 2 N–H and O–H groups in total. The monoisotopic (exact) mass is 432 g/mol. The van der Waals surface area contributed by atoms with Gasteiger partial charge in [0.05, 0.1) is 0 Å². The zero-order valence-corrected chi connectivity index (χ0v) is 17.5. The molecule has 0 radical (unpaired) electrons. The molecule has 1 unspecified atom stereocenters. The topological polar surface area (TPSA) is 56.3 Å². The number of likely N-dealkylation sites (N-methyl/N-ethyl adjacent to an activating group) is 1. The van der Waals surface area contributed by atoms with Gasteiger partial charge in [-0.2, -0.15) is 18.2 Å². The molecule has 6 nitrogen and oxygen atoms in total. The van der Waals surface area contributed by atoms with Crippen LogP contribution in [0, 0.1) is 0 Å². The number of fused-ring (bicyclic) bond motifs is 1. The van der Waals surface area contributed by atoms with Crippen molar-refractivity contribution in [3.8, 4) is 0 Å². The number of nitrogens with one attached hydrogen (secondary N) is 2. The van der Waals surface area contributed by atoms with Crippen LogP contribution in [-0.4, -0.2) is 58.5 Å². The van der Waals surface area contributed by atoms with Gasteiger partial charge in [-0.25, -0.2) is 4.98 Å². The van der Waals surface area contributed by atoms with Crippen LogP contribution in [0.1, 0.15) is 36.0 Å². The molecule has 2 aliphatic heterocycles. The zero-order chi connectivity index (χ0) is 21.6. The first-order valence-electron chi connectivity index (χ1n) is 10.9. The number of rotatable bonds is 5. The fourth-order valence-corrected chi connectivity index (χ4v) is 4.48. The van der Waals surface area contributed by atoms with Crippen molar-refractivity contribution in [1.82, 2.24) is 19.8 Å². The van der Waals surface area contributed by atoms with Crippen molar-refractivity contribution >= 4 is 17.5 Å². The molecule has 1 aromatic heterocycles. The zero-order valence-electron chi connectivity index (χ0n) is 17.5. The van der Waals surface area contributed by atoms with E-state index >= 15 is 0 Å². The van der Waals surface area contributed by atoms with E-state index in [9.17, 15) is 13.2 Å². The molecule has 1 aliphatic carbocycles. The third-order valence-corrected chi connectivity index (χ3v) is 6.40. The fourth-order valence-electron chi connectivity index (χ4n) is 4.48. The molecule has 166 valence electrons. The van der Waals surface area contributed by atoms with Crippen LogP contribution in [0.15, 0.2) is 24.4 Å². The molecule has 2 aromatic rings. The summed E-state index contributed by atoms with van der Waals surface area (Å²) < 4.78 is 39.9. The first-order chi connectivity index (χ1) is 14.8. The summed E-state index contributed by atoms with van der Waals surface area (Å²) in [7, 11) is 2.17. The van der Waals surface area contributed by atoms with Crippen LogP contribution in [0.3, 0.4) is 0 Å². The lowest BCUT2D eigenvalue weighted by atomic mass is 9.97. The number of hydrogen-bond acceptors (Lipinski definition) is 6. The van der Waals surface area contributed by atoms with Gasteiger partial charge in [-0.3, -0.25) is 4.90 Å². The van der Waals surface area contributed by atoms with E-state index in [1.54, 1.807) is 0 Å². The third kappa shape index (κ3) is 4.62. The number of anilines is 3. The van der Waals surface area contributed by atoms with Crippen LogP contribution in [0.2, 0.25) is 0 Å². The summed E-state index contributed by atoms with van der Waals surface area (Å²) in [5.74, 6) is 0.0187. The summed E-state index contributed by atoms with van der Waals surface area (Å²) in [6.07, 6.45) is 0.282. The maximum atomic E-state index is 13.3. The summed E-state index contributed by atoms with van der Waals surface area (Å²) in [6, 6.07) is 6.82.